The predicted molar refractivity (Wildman–Crippen MR) is 119 cm³/mol. The molecule has 1 heterocycles. The molecule has 2 aromatic carbocycles. The number of anilines is 1. The van der Waals surface area contributed by atoms with E-state index in [9.17, 15) is 4.79 Å². The average molecular weight is 419 g/mol. The second kappa shape index (κ2) is 10.1. The number of hydrogen-bond acceptors (Lipinski definition) is 4. The molecule has 1 aliphatic heterocycles. The lowest BCUT2D eigenvalue weighted by atomic mass is 9.90. The van der Waals surface area contributed by atoms with E-state index < -0.39 is 5.54 Å². The zero-order chi connectivity index (χ0) is 20.1. The summed E-state index contributed by atoms with van der Waals surface area (Å²) in [4.78, 5) is 12.5. The van der Waals surface area contributed by atoms with Gasteiger partial charge in [-0.15, -0.1) is 12.4 Å². The fourth-order valence-electron chi connectivity index (χ4n) is 3.31. The lowest BCUT2D eigenvalue weighted by Crippen LogP contribution is -2.54. The molecule has 1 saturated heterocycles. The normalized spacial score (nSPS) is 15.5. The van der Waals surface area contributed by atoms with Crippen LogP contribution < -0.4 is 15.8 Å². The van der Waals surface area contributed by atoms with Crippen molar-refractivity contribution in [2.24, 2.45) is 5.73 Å². The number of carbonyl (C=O) groups excluding carboxylic acids is 1. The van der Waals surface area contributed by atoms with Crippen molar-refractivity contribution in [1.82, 2.24) is 0 Å². The number of nitrogens with two attached hydrogens (primary N) is 1. The van der Waals surface area contributed by atoms with Gasteiger partial charge in [0.2, 0.25) is 5.91 Å². The smallest absolute Gasteiger partial charge is 0.244 e. The Hall–Kier alpha value is -2.08. The van der Waals surface area contributed by atoms with E-state index in [1.807, 2.05) is 24.3 Å². The van der Waals surface area contributed by atoms with E-state index in [-0.39, 0.29) is 18.3 Å². The maximum Gasteiger partial charge on any atom is 0.244 e. The number of carbonyl (C=O) groups is 1. The van der Waals surface area contributed by atoms with Gasteiger partial charge in [0.1, 0.15) is 17.9 Å². The first-order chi connectivity index (χ1) is 13.4. The third-order valence-corrected chi connectivity index (χ3v) is 5.23. The number of ether oxygens (including phenoxy) is 2. The lowest BCUT2D eigenvalue weighted by molar-refractivity contribution is -0.124. The minimum Gasteiger partial charge on any atom is -0.489 e. The first kappa shape index (κ1) is 23.2. The largest absolute Gasteiger partial charge is 0.489 e. The van der Waals surface area contributed by atoms with E-state index >= 15 is 0 Å². The molecule has 0 radical (unpaired) electrons. The zero-order valence-electron chi connectivity index (χ0n) is 17.4. The maximum atomic E-state index is 12.5. The third kappa shape index (κ3) is 5.95. The molecule has 29 heavy (non-hydrogen) atoms. The number of nitrogens with one attached hydrogen (secondary N) is 1. The Kier molecular flexibility index (Phi) is 8.08. The fourth-order valence-corrected chi connectivity index (χ4v) is 3.31. The summed E-state index contributed by atoms with van der Waals surface area (Å²) in [6.07, 6.45) is 1.08. The highest BCUT2D eigenvalue weighted by Crippen LogP contribution is 2.28. The van der Waals surface area contributed by atoms with E-state index in [1.165, 1.54) is 11.1 Å². The molecule has 5 nitrogen and oxygen atoms in total. The number of halogens is 1. The average Bonchev–Trinajstić information content (AvgIpc) is 2.68. The van der Waals surface area contributed by atoms with Crippen LogP contribution in [0.5, 0.6) is 5.75 Å². The molecule has 158 valence electrons. The van der Waals surface area contributed by atoms with E-state index in [1.54, 1.807) is 0 Å². The van der Waals surface area contributed by atoms with Crippen molar-refractivity contribution in [3.63, 3.8) is 0 Å². The molecule has 0 bridgehead atoms. The Balaban J connectivity index is 0.00000300. The third-order valence-electron chi connectivity index (χ3n) is 5.23. The van der Waals surface area contributed by atoms with Gasteiger partial charge >= 0.3 is 0 Å². The van der Waals surface area contributed by atoms with Gasteiger partial charge < -0.3 is 20.5 Å². The molecule has 6 heteroatoms. The highest BCUT2D eigenvalue weighted by atomic mass is 35.5. The van der Waals surface area contributed by atoms with Crippen LogP contribution in [0.3, 0.4) is 0 Å². The Labute approximate surface area is 179 Å². The monoisotopic (exact) mass is 418 g/mol. The number of amides is 1. The fraction of sp³-hybridized carbons (Fsp3) is 0.435. The molecule has 0 aliphatic carbocycles. The van der Waals surface area contributed by atoms with Crippen LogP contribution in [0.25, 0.3) is 0 Å². The van der Waals surface area contributed by atoms with Crippen LogP contribution in [0.1, 0.15) is 49.3 Å². The topological polar surface area (TPSA) is 73.6 Å². The van der Waals surface area contributed by atoms with E-state index in [4.69, 9.17) is 15.2 Å². The first-order valence-corrected chi connectivity index (χ1v) is 9.88. The van der Waals surface area contributed by atoms with Gasteiger partial charge in [0.05, 0.1) is 0 Å². The summed E-state index contributed by atoms with van der Waals surface area (Å²) in [6, 6.07) is 14.0. The molecule has 1 amide bonds. The highest BCUT2D eigenvalue weighted by Gasteiger charge is 2.35. The van der Waals surface area contributed by atoms with Crippen LogP contribution in [0.15, 0.2) is 42.5 Å². The molecular weight excluding hydrogens is 388 g/mol. The van der Waals surface area contributed by atoms with E-state index in [0.717, 1.165) is 17.0 Å². The zero-order valence-corrected chi connectivity index (χ0v) is 18.2. The lowest BCUT2D eigenvalue weighted by Gasteiger charge is -2.31. The first-order valence-electron chi connectivity index (χ1n) is 9.88. The van der Waals surface area contributed by atoms with Crippen LogP contribution in [0, 0.1) is 6.92 Å². The highest BCUT2D eigenvalue weighted by molar-refractivity contribution is 5.98. The van der Waals surface area contributed by atoms with Gasteiger partial charge in [-0.2, -0.15) is 0 Å². The molecular formula is C23H31ClN2O3. The summed E-state index contributed by atoms with van der Waals surface area (Å²) in [6.45, 7) is 7.93. The Morgan fingerprint density at radius 3 is 2.45 bits per heavy atom. The number of hydrogen-bond donors (Lipinski definition) is 2. The van der Waals surface area contributed by atoms with Gasteiger partial charge in [0, 0.05) is 18.9 Å². The van der Waals surface area contributed by atoms with Gasteiger partial charge in [-0.1, -0.05) is 38.1 Å². The van der Waals surface area contributed by atoms with Crippen LogP contribution in [-0.4, -0.2) is 24.7 Å². The predicted octanol–water partition coefficient (Wildman–Crippen LogP) is 4.57. The standard InChI is InChI=1S/C23H30N2O3.ClH/c1-16(2)20-9-4-17(3)14-21(20)28-15-18-5-7-19(8-6-18)25-22(26)23(24)10-12-27-13-11-23;/h4-9,14,16H,10-13,15,24H2,1-3H3,(H,25,26);1H. The Morgan fingerprint density at radius 2 is 1.83 bits per heavy atom. The molecule has 0 unspecified atom stereocenters. The second-order valence-electron chi connectivity index (χ2n) is 7.90. The van der Waals surface area contributed by atoms with Crippen LogP contribution in [-0.2, 0) is 16.1 Å². The van der Waals surface area contributed by atoms with Gasteiger partial charge in [0.25, 0.3) is 0 Å². The van der Waals surface area contributed by atoms with Crippen molar-refractivity contribution in [2.75, 3.05) is 18.5 Å². The van der Waals surface area contributed by atoms with Crippen LogP contribution >= 0.6 is 12.4 Å². The van der Waals surface area contributed by atoms with E-state index in [0.29, 0.717) is 38.6 Å². The summed E-state index contributed by atoms with van der Waals surface area (Å²) in [5, 5.41) is 2.92. The Bertz CT molecular complexity index is 815. The van der Waals surface area contributed by atoms with Crippen molar-refractivity contribution in [1.29, 1.82) is 0 Å². The van der Waals surface area contributed by atoms with Gasteiger partial charge in [0.15, 0.2) is 0 Å². The van der Waals surface area contributed by atoms with Gasteiger partial charge in [-0.05, 0) is 60.6 Å². The number of aryl methyl sites for hydroxylation is 1. The van der Waals surface area contributed by atoms with Crippen LogP contribution in [0.2, 0.25) is 0 Å². The van der Waals surface area contributed by atoms with Crippen molar-refractivity contribution >= 4 is 24.0 Å². The van der Waals surface area contributed by atoms with E-state index in [2.05, 4.69) is 44.3 Å². The molecule has 3 rings (SSSR count). The summed E-state index contributed by atoms with van der Waals surface area (Å²) in [5.74, 6) is 1.18. The van der Waals surface area contributed by atoms with Gasteiger partial charge in [-0.25, -0.2) is 0 Å². The molecule has 0 saturated carbocycles. The maximum absolute atomic E-state index is 12.5. The molecule has 3 N–H and O–H groups in total. The number of benzene rings is 2. The SMILES string of the molecule is Cc1ccc(C(C)C)c(OCc2ccc(NC(=O)C3(N)CCOCC3)cc2)c1.Cl. The van der Waals surface area contributed by atoms with Crippen molar-refractivity contribution in [3.8, 4) is 5.75 Å². The molecule has 1 fully saturated rings. The molecule has 0 atom stereocenters. The summed E-state index contributed by atoms with van der Waals surface area (Å²) >= 11 is 0. The quantitative estimate of drug-likeness (QED) is 0.720. The molecule has 1 aliphatic rings. The summed E-state index contributed by atoms with van der Waals surface area (Å²) < 4.78 is 11.4. The van der Waals surface area contributed by atoms with Crippen molar-refractivity contribution in [2.45, 2.75) is 51.7 Å². The van der Waals surface area contributed by atoms with Gasteiger partial charge in [-0.3, -0.25) is 4.79 Å². The van der Waals surface area contributed by atoms with Crippen molar-refractivity contribution in [3.05, 3.63) is 59.2 Å². The molecule has 0 spiro atoms. The minimum absolute atomic E-state index is 0. The second-order valence-corrected chi connectivity index (χ2v) is 7.90. The Morgan fingerprint density at radius 1 is 1.17 bits per heavy atom. The summed E-state index contributed by atoms with van der Waals surface area (Å²) in [5.41, 5.74) is 9.56. The van der Waals surface area contributed by atoms with Crippen LogP contribution in [0.4, 0.5) is 5.69 Å². The molecule has 2 aromatic rings. The number of rotatable bonds is 6. The minimum atomic E-state index is -0.849. The summed E-state index contributed by atoms with van der Waals surface area (Å²) in [7, 11) is 0. The molecule has 0 aromatic heterocycles. The van der Waals surface area contributed by atoms with Crippen molar-refractivity contribution < 1.29 is 14.3 Å².